The van der Waals surface area contributed by atoms with Gasteiger partial charge in [0.05, 0.1) is 29.2 Å². The fourth-order valence-electron chi connectivity index (χ4n) is 4.19. The van der Waals surface area contributed by atoms with Gasteiger partial charge in [-0.3, -0.25) is 9.59 Å². The number of carbonyl (C=O) groups is 2. The van der Waals surface area contributed by atoms with E-state index in [2.05, 4.69) is 0 Å². The van der Waals surface area contributed by atoms with Crippen LogP contribution in [0.2, 0.25) is 0 Å². The minimum atomic E-state index is -3.92. The Hall–Kier alpha value is -2.76. The van der Waals surface area contributed by atoms with Crippen LogP contribution in [0.3, 0.4) is 0 Å². The Morgan fingerprint density at radius 1 is 0.853 bits per heavy atom. The second-order valence-corrected chi connectivity index (χ2v) is 10.2. The third-order valence-corrected chi connectivity index (χ3v) is 8.02. The third kappa shape index (κ3) is 4.86. The number of Topliss-reactive ketones (excluding diaryl/α,β-unsaturated/α-hetero) is 1. The average Bonchev–Trinajstić information content (AvgIpc) is 2.85. The molecule has 0 aromatic heterocycles. The summed E-state index contributed by atoms with van der Waals surface area (Å²) in [6.45, 7) is 1.00. The van der Waals surface area contributed by atoms with Crippen molar-refractivity contribution in [2.45, 2.75) is 17.7 Å². The highest BCUT2D eigenvalue weighted by Gasteiger charge is 2.32. The topological polar surface area (TPSA) is 84.0 Å². The molecule has 7 nitrogen and oxygen atoms in total. The van der Waals surface area contributed by atoms with Crippen LogP contribution in [0, 0.1) is 23.4 Å². The first-order valence-electron chi connectivity index (χ1n) is 10.8. The number of rotatable bonds is 5. The predicted octanol–water partition coefficient (Wildman–Crippen LogP) is 2.86. The number of hydrogen-bond donors (Lipinski definition) is 0. The van der Waals surface area contributed by atoms with Crippen molar-refractivity contribution >= 4 is 21.7 Å². The van der Waals surface area contributed by atoms with Crippen LogP contribution in [0.4, 0.5) is 13.2 Å². The van der Waals surface area contributed by atoms with Crippen molar-refractivity contribution in [3.63, 3.8) is 0 Å². The molecule has 0 atom stereocenters. The molecule has 0 saturated carbocycles. The molecule has 4 rings (SSSR count). The van der Waals surface area contributed by atoms with E-state index in [1.807, 2.05) is 0 Å². The number of ether oxygens (including phenoxy) is 1. The Morgan fingerprint density at radius 2 is 1.47 bits per heavy atom. The Bertz CT molecular complexity index is 1210. The van der Waals surface area contributed by atoms with E-state index in [0.717, 1.165) is 36.4 Å². The average molecular weight is 497 g/mol. The van der Waals surface area contributed by atoms with E-state index in [0.29, 0.717) is 0 Å². The first kappa shape index (κ1) is 24.4. The summed E-state index contributed by atoms with van der Waals surface area (Å²) >= 11 is 0. The maximum absolute atomic E-state index is 14.5. The highest BCUT2D eigenvalue weighted by molar-refractivity contribution is 7.89. The molecule has 2 aliphatic heterocycles. The van der Waals surface area contributed by atoms with Crippen molar-refractivity contribution in [1.29, 1.82) is 0 Å². The smallest absolute Gasteiger partial charge is 0.256 e. The van der Waals surface area contributed by atoms with Crippen LogP contribution in [-0.4, -0.2) is 68.7 Å². The molecule has 0 N–H and O–H groups in total. The number of sulfonamides is 1. The van der Waals surface area contributed by atoms with Gasteiger partial charge in [0.2, 0.25) is 10.0 Å². The van der Waals surface area contributed by atoms with Gasteiger partial charge in [0.1, 0.15) is 17.5 Å². The zero-order valence-corrected chi connectivity index (χ0v) is 19.0. The molecular weight excluding hydrogens is 473 g/mol. The molecule has 11 heteroatoms. The van der Waals surface area contributed by atoms with Gasteiger partial charge < -0.3 is 9.64 Å². The summed E-state index contributed by atoms with van der Waals surface area (Å²) < 4.78 is 74.1. The van der Waals surface area contributed by atoms with Gasteiger partial charge in [-0.25, -0.2) is 21.6 Å². The van der Waals surface area contributed by atoms with Crippen LogP contribution in [0.1, 0.15) is 33.6 Å². The number of ketones is 1. The number of carbonyl (C=O) groups excluding carboxylic acids is 2. The summed E-state index contributed by atoms with van der Waals surface area (Å²) in [5, 5.41) is 0. The fraction of sp³-hybridized carbons (Fsp3) is 0.391. The quantitative estimate of drug-likeness (QED) is 0.595. The zero-order valence-electron chi connectivity index (χ0n) is 18.2. The van der Waals surface area contributed by atoms with E-state index >= 15 is 0 Å². The van der Waals surface area contributed by atoms with Crippen molar-refractivity contribution in [2.75, 3.05) is 39.4 Å². The largest absolute Gasteiger partial charge is 0.379 e. The molecule has 2 saturated heterocycles. The molecule has 2 aromatic rings. The number of hydrogen-bond acceptors (Lipinski definition) is 5. The molecule has 2 aromatic carbocycles. The standard InChI is InChI=1S/C23H23F3N2O5S/c24-16-1-3-20(25)18(13-16)22(29)15-5-7-27(8-6-15)23(30)19-14-17(2-4-21(19)26)34(31,32)28-9-11-33-12-10-28/h1-4,13-15H,5-12H2. The summed E-state index contributed by atoms with van der Waals surface area (Å²) in [5.41, 5.74) is -0.716. The Morgan fingerprint density at radius 3 is 2.15 bits per heavy atom. The number of amides is 1. The van der Waals surface area contributed by atoms with Gasteiger partial charge in [-0.15, -0.1) is 0 Å². The first-order valence-corrected chi connectivity index (χ1v) is 12.3. The summed E-state index contributed by atoms with van der Waals surface area (Å²) in [5.74, 6) is -4.25. The lowest BCUT2D eigenvalue weighted by Crippen LogP contribution is -2.41. The van der Waals surface area contributed by atoms with E-state index < -0.39 is 45.1 Å². The van der Waals surface area contributed by atoms with Gasteiger partial charge in [-0.2, -0.15) is 4.31 Å². The Labute approximate surface area is 195 Å². The van der Waals surface area contributed by atoms with Crippen LogP contribution in [0.15, 0.2) is 41.3 Å². The van der Waals surface area contributed by atoms with Crippen LogP contribution in [-0.2, 0) is 14.8 Å². The van der Waals surface area contributed by atoms with Gasteiger partial charge in [0.25, 0.3) is 5.91 Å². The molecule has 2 fully saturated rings. The summed E-state index contributed by atoms with van der Waals surface area (Å²) in [6, 6.07) is 5.77. The van der Waals surface area contributed by atoms with Crippen molar-refractivity contribution < 1.29 is 35.9 Å². The summed E-state index contributed by atoms with van der Waals surface area (Å²) in [6.07, 6.45) is 0.377. The summed E-state index contributed by atoms with van der Waals surface area (Å²) in [7, 11) is -3.92. The van der Waals surface area contributed by atoms with Crippen LogP contribution in [0.5, 0.6) is 0 Å². The minimum Gasteiger partial charge on any atom is -0.379 e. The lowest BCUT2D eigenvalue weighted by molar-refractivity contribution is 0.0644. The molecule has 0 radical (unpaired) electrons. The molecule has 182 valence electrons. The SMILES string of the molecule is O=C(c1cc(F)ccc1F)C1CCN(C(=O)c2cc(S(=O)(=O)N3CCOCC3)ccc2F)CC1. The van der Waals surface area contributed by atoms with Crippen LogP contribution < -0.4 is 0 Å². The number of piperidine rings is 1. The van der Waals surface area contributed by atoms with E-state index in [9.17, 15) is 31.2 Å². The van der Waals surface area contributed by atoms with E-state index in [-0.39, 0.29) is 68.3 Å². The minimum absolute atomic E-state index is 0.0893. The number of benzene rings is 2. The van der Waals surface area contributed by atoms with Crippen molar-refractivity contribution in [2.24, 2.45) is 5.92 Å². The molecule has 2 aliphatic rings. The molecule has 34 heavy (non-hydrogen) atoms. The van der Waals surface area contributed by atoms with Gasteiger partial charge in [0.15, 0.2) is 5.78 Å². The Kier molecular flexibility index (Phi) is 7.06. The van der Waals surface area contributed by atoms with Crippen molar-refractivity contribution in [1.82, 2.24) is 9.21 Å². The molecule has 0 unspecified atom stereocenters. The second kappa shape index (κ2) is 9.85. The van der Waals surface area contributed by atoms with Gasteiger partial charge in [-0.1, -0.05) is 0 Å². The maximum Gasteiger partial charge on any atom is 0.256 e. The van der Waals surface area contributed by atoms with Gasteiger partial charge >= 0.3 is 0 Å². The lowest BCUT2D eigenvalue weighted by Gasteiger charge is -2.31. The first-order chi connectivity index (χ1) is 16.2. The van der Waals surface area contributed by atoms with E-state index in [4.69, 9.17) is 4.74 Å². The highest BCUT2D eigenvalue weighted by Crippen LogP contribution is 2.26. The normalized spacial score (nSPS) is 18.1. The number of nitrogens with zero attached hydrogens (tertiary/aromatic N) is 2. The molecule has 2 heterocycles. The molecule has 0 aliphatic carbocycles. The van der Waals surface area contributed by atoms with Gasteiger partial charge in [0, 0.05) is 32.1 Å². The van der Waals surface area contributed by atoms with E-state index in [1.54, 1.807) is 0 Å². The molecule has 1 amide bonds. The zero-order chi connectivity index (χ0) is 24.5. The Balaban J connectivity index is 1.47. The maximum atomic E-state index is 14.5. The lowest BCUT2D eigenvalue weighted by atomic mass is 9.88. The van der Waals surface area contributed by atoms with Crippen LogP contribution >= 0.6 is 0 Å². The third-order valence-electron chi connectivity index (χ3n) is 6.12. The number of morpholine rings is 1. The number of halogens is 3. The monoisotopic (exact) mass is 496 g/mol. The second-order valence-electron chi connectivity index (χ2n) is 8.21. The predicted molar refractivity (Wildman–Crippen MR) is 115 cm³/mol. The van der Waals surface area contributed by atoms with Crippen LogP contribution in [0.25, 0.3) is 0 Å². The number of likely N-dealkylation sites (tertiary alicyclic amines) is 1. The van der Waals surface area contributed by atoms with E-state index in [1.165, 1.54) is 9.21 Å². The fourth-order valence-corrected chi connectivity index (χ4v) is 5.62. The molecular formula is C23H23F3N2O5S. The molecule has 0 bridgehead atoms. The highest BCUT2D eigenvalue weighted by atomic mass is 32.2. The van der Waals surface area contributed by atoms with Crippen molar-refractivity contribution in [3.05, 3.63) is 65.0 Å². The van der Waals surface area contributed by atoms with Gasteiger partial charge in [-0.05, 0) is 49.2 Å². The molecule has 0 spiro atoms. The summed E-state index contributed by atoms with van der Waals surface area (Å²) in [4.78, 5) is 26.8. The van der Waals surface area contributed by atoms with Crippen molar-refractivity contribution in [3.8, 4) is 0 Å².